The molecule has 0 unspecified atom stereocenters. The van der Waals surface area contributed by atoms with Crippen LogP contribution in [0.15, 0.2) is 17.0 Å². The highest BCUT2D eigenvalue weighted by molar-refractivity contribution is 7.89. The van der Waals surface area contributed by atoms with Crippen molar-refractivity contribution in [1.29, 1.82) is 0 Å². The molecular weight excluding hydrogens is 327 g/mol. The highest BCUT2D eigenvalue weighted by atomic mass is 35.5. The van der Waals surface area contributed by atoms with E-state index in [-0.39, 0.29) is 26.4 Å². The quantitative estimate of drug-likeness (QED) is 0.874. The van der Waals surface area contributed by atoms with E-state index in [9.17, 15) is 13.2 Å². The number of morpholine rings is 1. The van der Waals surface area contributed by atoms with Crippen molar-refractivity contribution in [2.24, 2.45) is 5.14 Å². The summed E-state index contributed by atoms with van der Waals surface area (Å²) < 4.78 is 28.0. The summed E-state index contributed by atoms with van der Waals surface area (Å²) in [5.41, 5.74) is 0.130. The van der Waals surface area contributed by atoms with Gasteiger partial charge in [-0.3, -0.25) is 4.79 Å². The van der Waals surface area contributed by atoms with Crippen molar-refractivity contribution >= 4 is 39.1 Å². The summed E-state index contributed by atoms with van der Waals surface area (Å²) in [6, 6.07) is 2.47. The van der Waals surface area contributed by atoms with E-state index in [0.717, 1.165) is 6.07 Å². The smallest absolute Gasteiger partial charge is 0.254 e. The number of nitrogens with two attached hydrogens (primary N) is 1. The van der Waals surface area contributed by atoms with Gasteiger partial charge in [-0.05, 0) is 12.1 Å². The number of ether oxygens (including phenoxy) is 1. The van der Waals surface area contributed by atoms with E-state index in [1.165, 1.54) is 6.07 Å². The summed E-state index contributed by atoms with van der Waals surface area (Å²) in [6.07, 6.45) is 0. The minimum Gasteiger partial charge on any atom is -0.378 e. The van der Waals surface area contributed by atoms with Crippen molar-refractivity contribution in [2.75, 3.05) is 26.3 Å². The number of benzene rings is 1. The zero-order valence-electron chi connectivity index (χ0n) is 10.3. The maximum Gasteiger partial charge on any atom is 0.254 e. The number of carbonyl (C=O) groups is 1. The second-order valence-corrected chi connectivity index (χ2v) is 6.53. The summed E-state index contributed by atoms with van der Waals surface area (Å²) in [4.78, 5) is 13.5. The summed E-state index contributed by atoms with van der Waals surface area (Å²) >= 11 is 11.7. The molecule has 0 radical (unpaired) electrons. The number of carbonyl (C=O) groups excluding carboxylic acids is 1. The molecule has 110 valence electrons. The highest BCUT2D eigenvalue weighted by Gasteiger charge is 2.23. The molecule has 1 fully saturated rings. The molecule has 2 N–H and O–H groups in total. The molecule has 0 saturated carbocycles. The van der Waals surface area contributed by atoms with Gasteiger partial charge >= 0.3 is 0 Å². The standard InChI is InChI=1S/C11H12Cl2N2O4S/c12-8-5-7(6-9(10(8)13)20(14,17)18)11(16)15-1-3-19-4-2-15/h5-6H,1-4H2,(H2,14,17,18). The van der Waals surface area contributed by atoms with Crippen LogP contribution in [0.25, 0.3) is 0 Å². The summed E-state index contributed by atoms with van der Waals surface area (Å²) in [5, 5.41) is 4.84. The van der Waals surface area contributed by atoms with E-state index in [1.54, 1.807) is 4.90 Å². The van der Waals surface area contributed by atoms with Crippen LogP contribution in [0.5, 0.6) is 0 Å². The van der Waals surface area contributed by atoms with E-state index in [2.05, 4.69) is 0 Å². The average molecular weight is 339 g/mol. The number of hydrogen-bond acceptors (Lipinski definition) is 4. The maximum absolute atomic E-state index is 12.3. The molecule has 1 amide bonds. The van der Waals surface area contributed by atoms with E-state index < -0.39 is 10.0 Å². The SMILES string of the molecule is NS(=O)(=O)c1cc(C(=O)N2CCOCC2)cc(Cl)c1Cl. The van der Waals surface area contributed by atoms with Gasteiger partial charge in [-0.1, -0.05) is 23.2 Å². The number of primary sulfonamides is 1. The first-order chi connectivity index (χ1) is 9.30. The summed E-state index contributed by atoms with van der Waals surface area (Å²) in [5.74, 6) is -0.336. The topological polar surface area (TPSA) is 89.7 Å². The van der Waals surface area contributed by atoms with Gasteiger partial charge in [0.05, 0.1) is 23.3 Å². The Morgan fingerprint density at radius 3 is 2.40 bits per heavy atom. The van der Waals surface area contributed by atoms with Gasteiger partial charge in [-0.25, -0.2) is 13.6 Å². The molecule has 0 spiro atoms. The normalized spacial score (nSPS) is 16.2. The zero-order valence-corrected chi connectivity index (χ0v) is 12.6. The van der Waals surface area contributed by atoms with Crippen LogP contribution in [0.3, 0.4) is 0 Å². The van der Waals surface area contributed by atoms with Gasteiger partial charge in [-0.2, -0.15) is 0 Å². The van der Waals surface area contributed by atoms with Crippen molar-refractivity contribution in [1.82, 2.24) is 4.90 Å². The number of nitrogens with zero attached hydrogens (tertiary/aromatic N) is 1. The first-order valence-electron chi connectivity index (χ1n) is 5.69. The first-order valence-corrected chi connectivity index (χ1v) is 8.00. The Morgan fingerprint density at radius 1 is 1.25 bits per heavy atom. The summed E-state index contributed by atoms with van der Waals surface area (Å²) in [7, 11) is -4.05. The van der Waals surface area contributed by atoms with Crippen LogP contribution in [0.2, 0.25) is 10.0 Å². The monoisotopic (exact) mass is 338 g/mol. The van der Waals surface area contributed by atoms with E-state index in [4.69, 9.17) is 33.1 Å². The van der Waals surface area contributed by atoms with Gasteiger partial charge in [0.25, 0.3) is 5.91 Å². The van der Waals surface area contributed by atoms with Crippen molar-refractivity contribution in [3.05, 3.63) is 27.7 Å². The van der Waals surface area contributed by atoms with Crippen LogP contribution in [0.1, 0.15) is 10.4 Å². The molecule has 0 atom stereocenters. The van der Waals surface area contributed by atoms with Gasteiger partial charge in [0, 0.05) is 18.7 Å². The number of hydrogen-bond donors (Lipinski definition) is 1. The van der Waals surface area contributed by atoms with Crippen LogP contribution in [0, 0.1) is 0 Å². The lowest BCUT2D eigenvalue weighted by Crippen LogP contribution is -2.40. The predicted octanol–water partition coefficient (Wildman–Crippen LogP) is 1.11. The van der Waals surface area contributed by atoms with E-state index in [1.807, 2.05) is 0 Å². The van der Waals surface area contributed by atoms with Crippen molar-refractivity contribution in [3.8, 4) is 0 Å². The molecule has 1 heterocycles. The second-order valence-electron chi connectivity index (χ2n) is 4.22. The van der Waals surface area contributed by atoms with Crippen LogP contribution in [-0.4, -0.2) is 45.5 Å². The van der Waals surface area contributed by atoms with Crippen molar-refractivity contribution in [3.63, 3.8) is 0 Å². The number of amides is 1. The number of rotatable bonds is 2. The lowest BCUT2D eigenvalue weighted by molar-refractivity contribution is 0.0302. The average Bonchev–Trinajstić information content (AvgIpc) is 2.40. The minimum absolute atomic E-state index is 0.0326. The molecule has 1 aliphatic rings. The number of halogens is 2. The fourth-order valence-electron chi connectivity index (χ4n) is 1.84. The fraction of sp³-hybridized carbons (Fsp3) is 0.364. The molecule has 0 bridgehead atoms. The maximum atomic E-state index is 12.3. The van der Waals surface area contributed by atoms with Crippen molar-refractivity contribution < 1.29 is 17.9 Å². The first kappa shape index (κ1) is 15.5. The Bertz CT molecular complexity index is 642. The molecule has 0 aliphatic carbocycles. The lowest BCUT2D eigenvalue weighted by Gasteiger charge is -2.27. The van der Waals surface area contributed by atoms with Gasteiger partial charge in [0.2, 0.25) is 10.0 Å². The lowest BCUT2D eigenvalue weighted by atomic mass is 10.2. The molecule has 1 aromatic carbocycles. The fourth-order valence-corrected chi connectivity index (χ4v) is 3.20. The van der Waals surface area contributed by atoms with Crippen LogP contribution >= 0.6 is 23.2 Å². The molecule has 1 aromatic rings. The minimum atomic E-state index is -4.05. The third-order valence-corrected chi connectivity index (χ3v) is 4.70. The Labute approximate surface area is 126 Å². The van der Waals surface area contributed by atoms with Gasteiger partial charge in [0.1, 0.15) is 4.90 Å². The second kappa shape index (κ2) is 5.87. The van der Waals surface area contributed by atoms with Crippen molar-refractivity contribution in [2.45, 2.75) is 4.90 Å². The Kier molecular flexibility index (Phi) is 4.55. The van der Waals surface area contributed by atoms with Crippen LogP contribution in [-0.2, 0) is 14.8 Å². The Morgan fingerprint density at radius 2 is 1.85 bits per heavy atom. The largest absolute Gasteiger partial charge is 0.378 e. The molecule has 9 heteroatoms. The Hall–Kier alpha value is -0.860. The number of sulfonamides is 1. The molecule has 20 heavy (non-hydrogen) atoms. The molecule has 1 aliphatic heterocycles. The predicted molar refractivity (Wildman–Crippen MR) is 74.6 cm³/mol. The highest BCUT2D eigenvalue weighted by Crippen LogP contribution is 2.30. The Balaban J connectivity index is 2.42. The molecule has 6 nitrogen and oxygen atoms in total. The zero-order chi connectivity index (χ0) is 14.9. The molecule has 0 aromatic heterocycles. The molecule has 2 rings (SSSR count). The summed E-state index contributed by atoms with van der Waals surface area (Å²) in [6.45, 7) is 1.75. The molecule has 1 saturated heterocycles. The van der Waals surface area contributed by atoms with Gasteiger partial charge < -0.3 is 9.64 Å². The van der Waals surface area contributed by atoms with Gasteiger partial charge in [-0.15, -0.1) is 0 Å². The van der Waals surface area contributed by atoms with Crippen LogP contribution < -0.4 is 5.14 Å². The van der Waals surface area contributed by atoms with Crippen LogP contribution in [0.4, 0.5) is 0 Å². The van der Waals surface area contributed by atoms with E-state index >= 15 is 0 Å². The molecular formula is C11H12Cl2N2O4S. The van der Waals surface area contributed by atoms with E-state index in [0.29, 0.717) is 26.3 Å². The third kappa shape index (κ3) is 3.24. The van der Waals surface area contributed by atoms with Gasteiger partial charge in [0.15, 0.2) is 0 Å². The third-order valence-electron chi connectivity index (χ3n) is 2.85.